The SMILES string of the molecule is Cc1ccc2nc(NCCS(C)=O)nn2c1. The Morgan fingerprint density at radius 1 is 1.50 bits per heavy atom. The number of pyridine rings is 1. The molecule has 2 heterocycles. The molecule has 2 aromatic rings. The van der Waals surface area contributed by atoms with Crippen LogP contribution in [0.4, 0.5) is 5.95 Å². The lowest BCUT2D eigenvalue weighted by Crippen LogP contribution is -2.10. The first-order chi connectivity index (χ1) is 7.65. The second kappa shape index (κ2) is 4.61. The van der Waals surface area contributed by atoms with Crippen molar-refractivity contribution < 1.29 is 4.21 Å². The predicted molar refractivity (Wildman–Crippen MR) is 65.1 cm³/mol. The summed E-state index contributed by atoms with van der Waals surface area (Å²) in [6.07, 6.45) is 3.60. The minimum Gasteiger partial charge on any atom is -0.352 e. The number of fused-ring (bicyclic) bond motifs is 1. The van der Waals surface area contributed by atoms with E-state index in [1.807, 2.05) is 25.3 Å². The molecule has 0 amide bonds. The van der Waals surface area contributed by atoms with Crippen molar-refractivity contribution in [1.82, 2.24) is 14.6 Å². The second-order valence-corrected chi connectivity index (χ2v) is 5.20. The van der Waals surface area contributed by atoms with Crippen LogP contribution in [-0.2, 0) is 10.8 Å². The third kappa shape index (κ3) is 2.57. The molecule has 0 bridgehead atoms. The zero-order valence-electron chi connectivity index (χ0n) is 9.30. The van der Waals surface area contributed by atoms with E-state index >= 15 is 0 Å². The van der Waals surface area contributed by atoms with Gasteiger partial charge in [0.1, 0.15) is 0 Å². The number of aromatic nitrogens is 3. The van der Waals surface area contributed by atoms with Gasteiger partial charge in [-0.05, 0) is 18.6 Å². The molecule has 0 fully saturated rings. The van der Waals surface area contributed by atoms with Crippen LogP contribution in [0.3, 0.4) is 0 Å². The standard InChI is InChI=1S/C10H14N4OS/c1-8-3-4-9-12-10(13-14(9)7-8)11-5-6-16(2)15/h3-4,7H,5-6H2,1-2H3,(H,11,13). The van der Waals surface area contributed by atoms with Gasteiger partial charge in [-0.3, -0.25) is 4.21 Å². The molecule has 0 aliphatic carbocycles. The summed E-state index contributed by atoms with van der Waals surface area (Å²) in [4.78, 5) is 4.29. The highest BCUT2D eigenvalue weighted by Gasteiger charge is 2.02. The summed E-state index contributed by atoms with van der Waals surface area (Å²) in [5.74, 6) is 1.19. The molecule has 0 spiro atoms. The second-order valence-electron chi connectivity index (χ2n) is 3.65. The first-order valence-electron chi connectivity index (χ1n) is 5.02. The Balaban J connectivity index is 2.10. The molecule has 0 saturated carbocycles. The highest BCUT2D eigenvalue weighted by Crippen LogP contribution is 2.06. The Labute approximate surface area is 96.3 Å². The minimum absolute atomic E-state index is 0.580. The molecule has 6 heteroatoms. The van der Waals surface area contributed by atoms with E-state index in [9.17, 15) is 4.21 Å². The van der Waals surface area contributed by atoms with Crippen LogP contribution in [0.5, 0.6) is 0 Å². The minimum atomic E-state index is -0.785. The summed E-state index contributed by atoms with van der Waals surface area (Å²) >= 11 is 0. The predicted octanol–water partition coefficient (Wildman–Crippen LogP) is 0.828. The lowest BCUT2D eigenvalue weighted by molar-refractivity contribution is 0.687. The van der Waals surface area contributed by atoms with Crippen LogP contribution in [0.15, 0.2) is 18.3 Å². The summed E-state index contributed by atoms with van der Waals surface area (Å²) in [7, 11) is -0.785. The highest BCUT2D eigenvalue weighted by atomic mass is 32.2. The van der Waals surface area contributed by atoms with Crippen LogP contribution in [0.25, 0.3) is 5.65 Å². The van der Waals surface area contributed by atoms with Gasteiger partial charge in [-0.25, -0.2) is 4.52 Å². The topological polar surface area (TPSA) is 59.3 Å². The Morgan fingerprint density at radius 3 is 3.06 bits per heavy atom. The van der Waals surface area contributed by atoms with Crippen molar-refractivity contribution in [2.45, 2.75) is 6.92 Å². The molecule has 0 radical (unpaired) electrons. The van der Waals surface area contributed by atoms with Crippen molar-refractivity contribution in [1.29, 1.82) is 0 Å². The van der Waals surface area contributed by atoms with Gasteiger partial charge in [-0.1, -0.05) is 6.07 Å². The summed E-state index contributed by atoms with van der Waals surface area (Å²) < 4.78 is 12.6. The molecule has 5 nitrogen and oxygen atoms in total. The van der Waals surface area contributed by atoms with Crippen LogP contribution < -0.4 is 5.32 Å². The van der Waals surface area contributed by atoms with Gasteiger partial charge in [0.2, 0.25) is 5.95 Å². The van der Waals surface area contributed by atoms with Crippen LogP contribution >= 0.6 is 0 Å². The average molecular weight is 238 g/mol. The van der Waals surface area contributed by atoms with Crippen LogP contribution in [-0.4, -0.2) is 37.4 Å². The van der Waals surface area contributed by atoms with Crippen LogP contribution in [0.1, 0.15) is 5.56 Å². The van der Waals surface area contributed by atoms with Gasteiger partial charge < -0.3 is 5.32 Å². The van der Waals surface area contributed by atoms with Gasteiger partial charge in [0.15, 0.2) is 5.65 Å². The Morgan fingerprint density at radius 2 is 2.31 bits per heavy atom. The van der Waals surface area contributed by atoms with E-state index in [0.29, 0.717) is 18.2 Å². The van der Waals surface area contributed by atoms with Crippen LogP contribution in [0, 0.1) is 6.92 Å². The van der Waals surface area contributed by atoms with E-state index in [2.05, 4.69) is 15.4 Å². The molecule has 2 rings (SSSR count). The summed E-state index contributed by atoms with van der Waals surface area (Å²) in [5, 5.41) is 7.31. The quantitative estimate of drug-likeness (QED) is 0.857. The van der Waals surface area contributed by atoms with Crippen molar-refractivity contribution in [3.63, 3.8) is 0 Å². The zero-order valence-corrected chi connectivity index (χ0v) is 10.1. The van der Waals surface area contributed by atoms with Gasteiger partial charge in [-0.2, -0.15) is 4.98 Å². The lowest BCUT2D eigenvalue weighted by atomic mass is 10.3. The number of rotatable bonds is 4. The number of nitrogens with zero attached hydrogens (tertiary/aromatic N) is 3. The molecule has 0 aliphatic heterocycles. The Bertz CT molecular complexity index is 523. The van der Waals surface area contributed by atoms with Crippen LogP contribution in [0.2, 0.25) is 0 Å². The molecule has 1 unspecified atom stereocenters. The van der Waals surface area contributed by atoms with Crippen molar-refractivity contribution in [3.05, 3.63) is 23.9 Å². The summed E-state index contributed by atoms with van der Waals surface area (Å²) in [5.41, 5.74) is 1.95. The summed E-state index contributed by atoms with van der Waals surface area (Å²) in [6.45, 7) is 2.63. The first kappa shape index (κ1) is 11.1. The maximum atomic E-state index is 10.9. The average Bonchev–Trinajstić information content (AvgIpc) is 2.58. The van der Waals surface area contributed by atoms with E-state index in [1.165, 1.54) is 0 Å². The maximum absolute atomic E-state index is 10.9. The van der Waals surface area contributed by atoms with Gasteiger partial charge >= 0.3 is 0 Å². The van der Waals surface area contributed by atoms with Gasteiger partial charge in [0, 0.05) is 35.5 Å². The smallest absolute Gasteiger partial charge is 0.243 e. The molecule has 0 aliphatic rings. The van der Waals surface area contributed by atoms with E-state index in [0.717, 1.165) is 11.2 Å². The van der Waals surface area contributed by atoms with Crippen molar-refractivity contribution in [3.8, 4) is 0 Å². The molecule has 16 heavy (non-hydrogen) atoms. The van der Waals surface area contributed by atoms with Crippen molar-refractivity contribution in [2.75, 3.05) is 23.9 Å². The number of nitrogens with one attached hydrogen (secondary N) is 1. The first-order valence-corrected chi connectivity index (χ1v) is 6.75. The lowest BCUT2D eigenvalue weighted by Gasteiger charge is -1.97. The fraction of sp³-hybridized carbons (Fsp3) is 0.400. The normalized spacial score (nSPS) is 12.9. The summed E-state index contributed by atoms with van der Waals surface area (Å²) in [6, 6.07) is 3.92. The number of hydrogen-bond acceptors (Lipinski definition) is 4. The third-order valence-electron chi connectivity index (χ3n) is 2.15. The monoisotopic (exact) mass is 238 g/mol. The van der Waals surface area contributed by atoms with Gasteiger partial charge in [0.25, 0.3) is 0 Å². The van der Waals surface area contributed by atoms with E-state index < -0.39 is 10.8 Å². The zero-order chi connectivity index (χ0) is 11.5. The molecule has 0 aromatic carbocycles. The van der Waals surface area contributed by atoms with Crippen molar-refractivity contribution >= 4 is 22.4 Å². The number of aryl methyl sites for hydroxylation is 1. The fourth-order valence-electron chi connectivity index (χ4n) is 1.37. The third-order valence-corrected chi connectivity index (χ3v) is 2.93. The fourth-order valence-corrected chi connectivity index (χ4v) is 1.76. The molecular formula is C10H14N4OS. The van der Waals surface area contributed by atoms with E-state index in [4.69, 9.17) is 0 Å². The molecule has 0 saturated heterocycles. The Hall–Kier alpha value is -1.43. The van der Waals surface area contributed by atoms with Gasteiger partial charge in [-0.15, -0.1) is 5.10 Å². The van der Waals surface area contributed by atoms with E-state index in [1.54, 1.807) is 10.8 Å². The Kier molecular flexibility index (Phi) is 3.19. The van der Waals surface area contributed by atoms with Gasteiger partial charge in [0.05, 0.1) is 0 Å². The number of hydrogen-bond donors (Lipinski definition) is 1. The molecule has 1 N–H and O–H groups in total. The largest absolute Gasteiger partial charge is 0.352 e. The molecular weight excluding hydrogens is 224 g/mol. The highest BCUT2D eigenvalue weighted by molar-refractivity contribution is 7.84. The van der Waals surface area contributed by atoms with Crippen molar-refractivity contribution in [2.24, 2.45) is 0 Å². The molecule has 2 aromatic heterocycles. The number of anilines is 1. The molecule has 86 valence electrons. The van der Waals surface area contributed by atoms with E-state index in [-0.39, 0.29) is 0 Å². The molecule has 1 atom stereocenters. The maximum Gasteiger partial charge on any atom is 0.243 e.